The third-order valence-electron chi connectivity index (χ3n) is 4.98. The van der Waals surface area contributed by atoms with Crippen LogP contribution in [0.1, 0.15) is 6.92 Å². The highest BCUT2D eigenvalue weighted by molar-refractivity contribution is 5.89. The minimum Gasteiger partial charge on any atom is -0.486 e. The SMILES string of the molecule is C=C(C)C(=O)Oc1ccc(N(c2ccc(OC3COC3)cc2)c2ccc([N+](=O)[O-])cc2)cc1. The van der Waals surface area contributed by atoms with Crippen molar-refractivity contribution in [3.8, 4) is 11.5 Å². The van der Waals surface area contributed by atoms with E-state index in [9.17, 15) is 14.9 Å². The molecule has 1 fully saturated rings. The number of hydrogen-bond acceptors (Lipinski definition) is 7. The molecule has 0 saturated carbocycles. The average molecular weight is 446 g/mol. The van der Waals surface area contributed by atoms with Gasteiger partial charge in [0.1, 0.15) is 17.6 Å². The Hall–Kier alpha value is -4.17. The van der Waals surface area contributed by atoms with Crippen LogP contribution >= 0.6 is 0 Å². The summed E-state index contributed by atoms with van der Waals surface area (Å²) in [4.78, 5) is 24.4. The molecule has 168 valence electrons. The Morgan fingerprint density at radius 2 is 1.42 bits per heavy atom. The predicted molar refractivity (Wildman–Crippen MR) is 123 cm³/mol. The minimum atomic E-state index is -0.498. The van der Waals surface area contributed by atoms with Crippen LogP contribution in [0.3, 0.4) is 0 Å². The Balaban J connectivity index is 1.64. The van der Waals surface area contributed by atoms with Gasteiger partial charge in [-0.15, -0.1) is 0 Å². The van der Waals surface area contributed by atoms with E-state index in [1.807, 2.05) is 29.2 Å². The average Bonchev–Trinajstić information content (AvgIpc) is 2.79. The van der Waals surface area contributed by atoms with E-state index in [0.717, 1.165) is 22.8 Å². The molecule has 3 aromatic carbocycles. The molecule has 0 spiro atoms. The third kappa shape index (κ3) is 5.19. The van der Waals surface area contributed by atoms with Gasteiger partial charge in [-0.25, -0.2) is 4.79 Å². The van der Waals surface area contributed by atoms with E-state index in [2.05, 4.69) is 6.58 Å². The lowest BCUT2D eigenvalue weighted by atomic mass is 10.1. The number of nitro groups is 1. The maximum atomic E-state index is 11.8. The fraction of sp³-hybridized carbons (Fsp3) is 0.160. The summed E-state index contributed by atoms with van der Waals surface area (Å²) in [5.41, 5.74) is 2.65. The lowest BCUT2D eigenvalue weighted by Gasteiger charge is -2.28. The van der Waals surface area contributed by atoms with Gasteiger partial charge >= 0.3 is 5.97 Å². The van der Waals surface area contributed by atoms with E-state index in [4.69, 9.17) is 14.2 Å². The van der Waals surface area contributed by atoms with Gasteiger partial charge in [0.2, 0.25) is 0 Å². The zero-order valence-electron chi connectivity index (χ0n) is 18.0. The van der Waals surface area contributed by atoms with E-state index >= 15 is 0 Å². The Kier molecular flexibility index (Phi) is 6.37. The first kappa shape index (κ1) is 22.0. The number of rotatable bonds is 8. The van der Waals surface area contributed by atoms with Crippen LogP contribution in [0.5, 0.6) is 11.5 Å². The molecule has 0 N–H and O–H groups in total. The molecule has 0 radical (unpaired) electrons. The van der Waals surface area contributed by atoms with Gasteiger partial charge in [0.25, 0.3) is 5.69 Å². The second kappa shape index (κ2) is 9.54. The van der Waals surface area contributed by atoms with Crippen molar-refractivity contribution in [1.82, 2.24) is 0 Å². The van der Waals surface area contributed by atoms with Crippen molar-refractivity contribution in [2.45, 2.75) is 13.0 Å². The molecule has 8 heteroatoms. The molecule has 4 rings (SSSR count). The van der Waals surface area contributed by atoms with E-state index in [-0.39, 0.29) is 11.8 Å². The van der Waals surface area contributed by atoms with Crippen molar-refractivity contribution >= 4 is 28.7 Å². The quantitative estimate of drug-likeness (QED) is 0.152. The largest absolute Gasteiger partial charge is 0.486 e. The number of benzene rings is 3. The van der Waals surface area contributed by atoms with E-state index in [1.165, 1.54) is 12.1 Å². The van der Waals surface area contributed by atoms with Crippen LogP contribution in [0.15, 0.2) is 84.9 Å². The second-order valence-electron chi connectivity index (χ2n) is 7.54. The van der Waals surface area contributed by atoms with Gasteiger partial charge < -0.3 is 19.1 Å². The molecule has 8 nitrogen and oxygen atoms in total. The Morgan fingerprint density at radius 1 is 0.939 bits per heavy atom. The van der Waals surface area contributed by atoms with Crippen molar-refractivity contribution in [2.75, 3.05) is 18.1 Å². The predicted octanol–water partition coefficient (Wildman–Crippen LogP) is 5.32. The number of ether oxygens (including phenoxy) is 3. The second-order valence-corrected chi connectivity index (χ2v) is 7.54. The van der Waals surface area contributed by atoms with Gasteiger partial charge in [0.15, 0.2) is 0 Å². The molecule has 0 aromatic heterocycles. The normalized spacial score (nSPS) is 13.0. The van der Waals surface area contributed by atoms with Crippen molar-refractivity contribution in [2.24, 2.45) is 0 Å². The summed E-state index contributed by atoms with van der Waals surface area (Å²) in [7, 11) is 0. The van der Waals surface area contributed by atoms with Crippen LogP contribution in [0.2, 0.25) is 0 Å². The lowest BCUT2D eigenvalue weighted by Crippen LogP contribution is -2.38. The first-order valence-corrected chi connectivity index (χ1v) is 10.3. The number of nitrogens with zero attached hydrogens (tertiary/aromatic N) is 2. The van der Waals surface area contributed by atoms with E-state index in [0.29, 0.717) is 24.5 Å². The molecule has 0 atom stereocenters. The summed E-state index contributed by atoms with van der Waals surface area (Å²) >= 11 is 0. The molecule has 1 aliphatic rings. The highest BCUT2D eigenvalue weighted by Crippen LogP contribution is 2.37. The van der Waals surface area contributed by atoms with Crippen LogP contribution in [0.4, 0.5) is 22.7 Å². The summed E-state index contributed by atoms with van der Waals surface area (Å²) in [5, 5.41) is 11.1. The molecule has 1 saturated heterocycles. The fourth-order valence-electron chi connectivity index (χ4n) is 3.18. The number of hydrogen-bond donors (Lipinski definition) is 0. The molecule has 0 amide bonds. The van der Waals surface area contributed by atoms with Crippen LogP contribution in [-0.2, 0) is 9.53 Å². The van der Waals surface area contributed by atoms with Gasteiger partial charge in [-0.2, -0.15) is 0 Å². The molecule has 1 heterocycles. The van der Waals surface area contributed by atoms with E-state index < -0.39 is 10.9 Å². The van der Waals surface area contributed by atoms with Gasteiger partial charge in [-0.05, 0) is 67.6 Å². The topological polar surface area (TPSA) is 91.1 Å². The first-order chi connectivity index (χ1) is 15.9. The lowest BCUT2D eigenvalue weighted by molar-refractivity contribution is -0.384. The Labute approximate surface area is 190 Å². The zero-order valence-corrected chi connectivity index (χ0v) is 18.0. The number of carbonyl (C=O) groups is 1. The summed E-state index contributed by atoms with van der Waals surface area (Å²) in [6, 6.07) is 20.8. The summed E-state index contributed by atoms with van der Waals surface area (Å²) in [6.45, 7) is 6.33. The van der Waals surface area contributed by atoms with Crippen molar-refractivity contribution in [3.05, 3.63) is 95.1 Å². The third-order valence-corrected chi connectivity index (χ3v) is 4.98. The monoisotopic (exact) mass is 446 g/mol. The smallest absolute Gasteiger partial charge is 0.338 e. The molecule has 0 aliphatic carbocycles. The van der Waals surface area contributed by atoms with Gasteiger partial charge in [0.05, 0.1) is 18.1 Å². The maximum Gasteiger partial charge on any atom is 0.338 e. The maximum absolute atomic E-state index is 11.8. The summed E-state index contributed by atoms with van der Waals surface area (Å²) in [6.07, 6.45) is 0.0658. The first-order valence-electron chi connectivity index (χ1n) is 10.3. The van der Waals surface area contributed by atoms with Crippen LogP contribution in [-0.4, -0.2) is 30.2 Å². The standard InChI is InChI=1S/C25H22N2O6/c1-17(2)25(28)33-23-13-9-20(10-14-23)26(18-3-5-21(6-4-18)27(29)30)19-7-11-22(12-8-19)32-24-15-31-16-24/h3-14,24H,1,15-16H2,2H3. The number of non-ortho nitro benzene ring substituents is 1. The van der Waals surface area contributed by atoms with E-state index in [1.54, 1.807) is 43.3 Å². The molecular weight excluding hydrogens is 424 g/mol. The molecule has 0 unspecified atom stereocenters. The minimum absolute atomic E-state index is 0.00669. The van der Waals surface area contributed by atoms with Crippen molar-refractivity contribution in [3.63, 3.8) is 0 Å². The van der Waals surface area contributed by atoms with Crippen LogP contribution < -0.4 is 14.4 Å². The molecular formula is C25H22N2O6. The van der Waals surface area contributed by atoms with Crippen molar-refractivity contribution in [1.29, 1.82) is 0 Å². The number of esters is 1. The highest BCUT2D eigenvalue weighted by atomic mass is 16.6. The van der Waals surface area contributed by atoms with Crippen molar-refractivity contribution < 1.29 is 23.9 Å². The van der Waals surface area contributed by atoms with Gasteiger partial charge in [-0.1, -0.05) is 6.58 Å². The Bertz CT molecular complexity index is 1150. The van der Waals surface area contributed by atoms with Gasteiger partial charge in [0, 0.05) is 34.8 Å². The Morgan fingerprint density at radius 3 is 1.85 bits per heavy atom. The van der Waals surface area contributed by atoms with Crippen LogP contribution in [0.25, 0.3) is 0 Å². The number of nitro benzene ring substituents is 1. The summed E-state index contributed by atoms with van der Waals surface area (Å²) in [5.74, 6) is 0.627. The molecule has 0 bridgehead atoms. The number of anilines is 3. The molecule has 3 aromatic rings. The van der Waals surface area contributed by atoms with Crippen LogP contribution in [0, 0.1) is 10.1 Å². The molecule has 33 heavy (non-hydrogen) atoms. The fourth-order valence-corrected chi connectivity index (χ4v) is 3.18. The number of carbonyl (C=O) groups excluding carboxylic acids is 1. The summed E-state index contributed by atoms with van der Waals surface area (Å²) < 4.78 is 16.3. The molecule has 1 aliphatic heterocycles. The van der Waals surface area contributed by atoms with Gasteiger partial charge in [-0.3, -0.25) is 10.1 Å². The zero-order chi connectivity index (χ0) is 23.4. The highest BCUT2D eigenvalue weighted by Gasteiger charge is 2.20.